The molecule has 0 atom stereocenters. The molecule has 1 fully saturated rings. The molecule has 0 saturated carbocycles. The van der Waals surface area contributed by atoms with E-state index in [0.29, 0.717) is 32.8 Å². The van der Waals surface area contributed by atoms with Crippen molar-refractivity contribution in [2.24, 2.45) is 5.92 Å². The molecule has 0 spiro atoms. The summed E-state index contributed by atoms with van der Waals surface area (Å²) in [6.07, 6.45) is 0. The summed E-state index contributed by atoms with van der Waals surface area (Å²) < 4.78 is 11.1. The number of rotatable bonds is 10. The molecule has 2 heterocycles. The van der Waals surface area contributed by atoms with Crippen LogP contribution in [-0.2, 0) is 27.4 Å². The molecule has 0 bridgehead atoms. The lowest BCUT2D eigenvalue weighted by Crippen LogP contribution is -2.48. The second kappa shape index (κ2) is 11.8. The van der Waals surface area contributed by atoms with Crippen LogP contribution in [0.25, 0.3) is 0 Å². The summed E-state index contributed by atoms with van der Waals surface area (Å²) in [5.41, 5.74) is 1.04. The number of morpholine rings is 1. The van der Waals surface area contributed by atoms with Crippen molar-refractivity contribution in [1.29, 1.82) is 0 Å². The highest BCUT2D eigenvalue weighted by Gasteiger charge is 2.25. The summed E-state index contributed by atoms with van der Waals surface area (Å²) in [5.74, 6) is 1.30. The minimum Gasteiger partial charge on any atom is -0.464 e. The van der Waals surface area contributed by atoms with Crippen molar-refractivity contribution in [2.75, 3.05) is 45.9 Å². The topological polar surface area (TPSA) is 66.2 Å². The van der Waals surface area contributed by atoms with Crippen molar-refractivity contribution in [3.8, 4) is 0 Å². The van der Waals surface area contributed by atoms with Crippen LogP contribution in [-0.4, -0.2) is 72.5 Å². The fraction of sp³-hybridized carbons (Fsp3) is 0.520. The van der Waals surface area contributed by atoms with Crippen LogP contribution in [0.5, 0.6) is 0 Å². The van der Waals surface area contributed by atoms with Gasteiger partial charge in [-0.05, 0) is 24.6 Å². The van der Waals surface area contributed by atoms with E-state index in [-0.39, 0.29) is 24.3 Å². The van der Waals surface area contributed by atoms with Crippen molar-refractivity contribution in [1.82, 2.24) is 14.7 Å². The van der Waals surface area contributed by atoms with Gasteiger partial charge in [0.05, 0.1) is 26.3 Å². The molecule has 1 aliphatic heterocycles. The van der Waals surface area contributed by atoms with Crippen molar-refractivity contribution in [2.45, 2.75) is 33.9 Å². The van der Waals surface area contributed by atoms with E-state index in [2.05, 4.69) is 4.90 Å². The van der Waals surface area contributed by atoms with E-state index in [0.717, 1.165) is 36.7 Å². The highest BCUT2D eigenvalue weighted by atomic mass is 16.5. The monoisotopic (exact) mass is 441 g/mol. The molecule has 7 nitrogen and oxygen atoms in total. The predicted molar refractivity (Wildman–Crippen MR) is 123 cm³/mol. The van der Waals surface area contributed by atoms with Gasteiger partial charge in [-0.1, -0.05) is 44.2 Å². The van der Waals surface area contributed by atoms with Crippen LogP contribution in [0.15, 0.2) is 46.9 Å². The Morgan fingerprint density at radius 2 is 1.72 bits per heavy atom. The number of hydrogen-bond donors (Lipinski definition) is 0. The zero-order valence-corrected chi connectivity index (χ0v) is 19.5. The van der Waals surface area contributed by atoms with Gasteiger partial charge >= 0.3 is 0 Å². The Labute approximate surface area is 190 Å². The van der Waals surface area contributed by atoms with E-state index in [4.69, 9.17) is 9.15 Å². The van der Waals surface area contributed by atoms with Crippen molar-refractivity contribution < 1.29 is 18.7 Å². The lowest BCUT2D eigenvalue weighted by Gasteiger charge is -2.32. The number of carbonyl (C=O) groups is 2. The van der Waals surface area contributed by atoms with Crippen LogP contribution >= 0.6 is 0 Å². The summed E-state index contributed by atoms with van der Waals surface area (Å²) in [6, 6.07) is 13.7. The maximum absolute atomic E-state index is 13.4. The van der Waals surface area contributed by atoms with Crippen LogP contribution in [0.2, 0.25) is 0 Å². The van der Waals surface area contributed by atoms with Crippen LogP contribution in [0.3, 0.4) is 0 Å². The molecular weight excluding hydrogens is 406 g/mol. The van der Waals surface area contributed by atoms with E-state index in [1.54, 1.807) is 9.80 Å². The Bertz CT molecular complexity index is 859. The number of benzene rings is 1. The number of furan rings is 1. The first-order chi connectivity index (χ1) is 15.4. The number of ether oxygens (including phenoxy) is 1. The normalized spacial score (nSPS) is 14.5. The molecular formula is C25H35N3O4. The van der Waals surface area contributed by atoms with Crippen LogP contribution in [0.1, 0.15) is 30.9 Å². The van der Waals surface area contributed by atoms with E-state index in [1.807, 2.05) is 63.2 Å². The minimum absolute atomic E-state index is 0.000105. The summed E-state index contributed by atoms with van der Waals surface area (Å²) in [6.45, 7) is 11.0. The second-order valence-corrected chi connectivity index (χ2v) is 8.62. The molecule has 0 aliphatic carbocycles. The summed E-state index contributed by atoms with van der Waals surface area (Å²) in [7, 11) is 0. The molecule has 7 heteroatoms. The lowest BCUT2D eigenvalue weighted by molar-refractivity contribution is -0.143. The van der Waals surface area contributed by atoms with Gasteiger partial charge in [-0.3, -0.25) is 14.5 Å². The van der Waals surface area contributed by atoms with Gasteiger partial charge in [-0.15, -0.1) is 0 Å². The minimum atomic E-state index is -0.164. The Hall–Kier alpha value is -2.64. The van der Waals surface area contributed by atoms with E-state index in [1.165, 1.54) is 0 Å². The van der Waals surface area contributed by atoms with Crippen LogP contribution < -0.4 is 0 Å². The number of nitrogens with zero attached hydrogens (tertiary/aromatic N) is 3. The first-order valence-corrected chi connectivity index (χ1v) is 11.4. The molecule has 2 aromatic rings. The van der Waals surface area contributed by atoms with Gasteiger partial charge < -0.3 is 19.0 Å². The zero-order chi connectivity index (χ0) is 22.9. The quantitative estimate of drug-likeness (QED) is 0.567. The summed E-state index contributed by atoms with van der Waals surface area (Å²) >= 11 is 0. The predicted octanol–water partition coefficient (Wildman–Crippen LogP) is 2.93. The van der Waals surface area contributed by atoms with E-state index < -0.39 is 0 Å². The van der Waals surface area contributed by atoms with Gasteiger partial charge in [0.15, 0.2) is 0 Å². The van der Waals surface area contributed by atoms with Gasteiger partial charge in [0.1, 0.15) is 11.5 Å². The molecule has 1 aromatic heterocycles. The number of aryl methyl sites for hydroxylation is 1. The Balaban J connectivity index is 1.70. The third-order valence-corrected chi connectivity index (χ3v) is 5.63. The van der Waals surface area contributed by atoms with E-state index in [9.17, 15) is 9.59 Å². The average molecular weight is 442 g/mol. The highest BCUT2D eigenvalue weighted by Crippen LogP contribution is 2.14. The van der Waals surface area contributed by atoms with E-state index >= 15 is 0 Å². The number of amides is 2. The van der Waals surface area contributed by atoms with Gasteiger partial charge in [-0.2, -0.15) is 0 Å². The number of hydrogen-bond acceptors (Lipinski definition) is 5. The molecule has 0 unspecified atom stereocenters. The summed E-state index contributed by atoms with van der Waals surface area (Å²) in [4.78, 5) is 32.0. The summed E-state index contributed by atoms with van der Waals surface area (Å²) in [5, 5.41) is 0. The number of carbonyl (C=O) groups excluding carboxylic acids is 2. The first kappa shape index (κ1) is 24.0. The standard InChI is InChI=1S/C25H35N3O4/c1-20(2)25(30)27(12-11-26-13-15-31-16-14-26)19-24(29)28(17-22-7-5-4-6-8-22)18-23-10-9-21(3)32-23/h4-10,20H,11-19H2,1-3H3. The van der Waals surface area contributed by atoms with Crippen molar-refractivity contribution >= 4 is 11.8 Å². The third kappa shape index (κ3) is 7.21. The molecule has 3 rings (SSSR count). The fourth-order valence-electron chi connectivity index (χ4n) is 3.78. The molecule has 32 heavy (non-hydrogen) atoms. The molecule has 1 saturated heterocycles. The van der Waals surface area contributed by atoms with Gasteiger partial charge in [0.2, 0.25) is 11.8 Å². The van der Waals surface area contributed by atoms with Gasteiger partial charge in [-0.25, -0.2) is 0 Å². The van der Waals surface area contributed by atoms with Gasteiger partial charge in [0.25, 0.3) is 0 Å². The van der Waals surface area contributed by atoms with Crippen LogP contribution in [0.4, 0.5) is 0 Å². The Kier molecular flexibility index (Phi) is 8.88. The molecule has 0 N–H and O–H groups in total. The molecule has 174 valence electrons. The largest absolute Gasteiger partial charge is 0.464 e. The SMILES string of the molecule is Cc1ccc(CN(Cc2ccccc2)C(=O)CN(CCN2CCOCC2)C(=O)C(C)C)o1. The smallest absolute Gasteiger partial charge is 0.242 e. The zero-order valence-electron chi connectivity index (χ0n) is 19.5. The Morgan fingerprint density at radius 1 is 1.00 bits per heavy atom. The molecule has 2 amide bonds. The molecule has 1 aromatic carbocycles. The Morgan fingerprint density at radius 3 is 2.34 bits per heavy atom. The van der Waals surface area contributed by atoms with Crippen molar-refractivity contribution in [3.63, 3.8) is 0 Å². The van der Waals surface area contributed by atoms with Gasteiger partial charge in [0, 0.05) is 38.6 Å². The highest BCUT2D eigenvalue weighted by molar-refractivity contribution is 5.85. The first-order valence-electron chi connectivity index (χ1n) is 11.4. The fourth-order valence-corrected chi connectivity index (χ4v) is 3.78. The maximum atomic E-state index is 13.4. The second-order valence-electron chi connectivity index (χ2n) is 8.62. The van der Waals surface area contributed by atoms with Crippen molar-refractivity contribution in [3.05, 3.63) is 59.5 Å². The average Bonchev–Trinajstić information content (AvgIpc) is 3.21. The third-order valence-electron chi connectivity index (χ3n) is 5.63. The molecule has 1 aliphatic rings. The van der Waals surface area contributed by atoms with Crippen LogP contribution in [0, 0.1) is 12.8 Å². The maximum Gasteiger partial charge on any atom is 0.242 e. The lowest BCUT2D eigenvalue weighted by atomic mass is 10.1. The molecule has 0 radical (unpaired) electrons.